The van der Waals surface area contributed by atoms with Gasteiger partial charge in [-0.2, -0.15) is 0 Å². The number of nitrogens with zero attached hydrogens (tertiary/aromatic N) is 2. The first kappa shape index (κ1) is 31.2. The van der Waals surface area contributed by atoms with Crippen LogP contribution in [0.5, 0.6) is 0 Å². The first-order valence-corrected chi connectivity index (χ1v) is 15.0. The molecule has 0 aliphatic carbocycles. The fourth-order valence-corrected chi connectivity index (χ4v) is 8.20. The molecule has 1 aromatic carbocycles. The summed E-state index contributed by atoms with van der Waals surface area (Å²) in [5.41, 5.74) is -2.01. The van der Waals surface area contributed by atoms with Crippen LogP contribution in [0, 0.1) is 17.3 Å². The largest absolute Gasteiger partial charge is 0.466 e. The lowest BCUT2D eigenvalue weighted by Gasteiger charge is -2.46. The minimum absolute atomic E-state index is 0.0730. The number of fused-ring (bicyclic) bond motifs is 1. The topological polar surface area (TPSA) is 96.4 Å². The molecule has 0 radical (unpaired) electrons. The van der Waals surface area contributed by atoms with Gasteiger partial charge < -0.3 is 24.4 Å². The van der Waals surface area contributed by atoms with Crippen molar-refractivity contribution in [1.29, 1.82) is 0 Å². The number of carbonyl (C=O) groups is 3. The minimum Gasteiger partial charge on any atom is -0.466 e. The van der Waals surface area contributed by atoms with E-state index in [0.29, 0.717) is 31.2 Å². The Kier molecular flexibility index (Phi) is 8.51. The van der Waals surface area contributed by atoms with Gasteiger partial charge in [0.1, 0.15) is 17.6 Å². The summed E-state index contributed by atoms with van der Waals surface area (Å²) in [7, 11) is 0. The predicted molar refractivity (Wildman–Crippen MR) is 157 cm³/mol. The third kappa shape index (κ3) is 5.11. The Morgan fingerprint density at radius 3 is 2.39 bits per heavy atom. The smallest absolute Gasteiger partial charge is 0.312 e. The van der Waals surface area contributed by atoms with Crippen LogP contribution in [0.2, 0.25) is 0 Å². The molecule has 3 aliphatic heterocycles. The van der Waals surface area contributed by atoms with E-state index in [1.807, 2.05) is 51.1 Å². The van der Waals surface area contributed by atoms with E-state index in [4.69, 9.17) is 9.47 Å². The monoisotopic (exact) mass is 568 g/mol. The maximum absolute atomic E-state index is 15.0. The molecule has 6 atom stereocenters. The fourth-order valence-electron chi connectivity index (χ4n) is 8.20. The van der Waals surface area contributed by atoms with Gasteiger partial charge in [-0.25, -0.2) is 0 Å². The van der Waals surface area contributed by atoms with E-state index in [1.165, 1.54) is 4.90 Å². The Bertz CT molecular complexity index is 1160. The highest BCUT2D eigenvalue weighted by Gasteiger charge is 2.80. The zero-order chi connectivity index (χ0) is 30.4. The summed E-state index contributed by atoms with van der Waals surface area (Å²) in [6.07, 6.45) is 3.97. The molecule has 41 heavy (non-hydrogen) atoms. The van der Waals surface area contributed by atoms with Crippen LogP contribution in [0.1, 0.15) is 85.8 Å². The average molecular weight is 569 g/mol. The standard InChI is InChI=1S/C33H48N2O6/c1-9-19-34(31(7,8)21-30(4,5)6)28(38)26-33-18-17-32(10-2,41-33)25(29(39)40-11-3)24(33)27(37)35(26)23(20-36)22-15-13-12-14-16-22/h9,12-16,23-26,36H,1,10-11,17-21H2,2-8H3/t23-,24+,25-,26?,32+,33?/m1/s1. The van der Waals surface area contributed by atoms with Gasteiger partial charge in [-0.3, -0.25) is 14.4 Å². The second-order valence-electron chi connectivity index (χ2n) is 13.7. The number of hydrogen-bond acceptors (Lipinski definition) is 6. The first-order valence-electron chi connectivity index (χ1n) is 15.0. The van der Waals surface area contributed by atoms with Gasteiger partial charge in [0.25, 0.3) is 0 Å². The Morgan fingerprint density at radius 1 is 1.20 bits per heavy atom. The summed E-state index contributed by atoms with van der Waals surface area (Å²) < 4.78 is 12.4. The normalized spacial score (nSPS) is 29.8. The van der Waals surface area contributed by atoms with Crippen LogP contribution in [-0.2, 0) is 23.9 Å². The van der Waals surface area contributed by atoms with E-state index in [0.717, 1.165) is 0 Å². The zero-order valence-corrected chi connectivity index (χ0v) is 25.8. The van der Waals surface area contributed by atoms with Gasteiger partial charge in [0.2, 0.25) is 11.8 Å². The molecule has 3 aliphatic rings. The molecule has 1 N–H and O–H groups in total. The van der Waals surface area contributed by atoms with Crippen LogP contribution in [0.3, 0.4) is 0 Å². The van der Waals surface area contributed by atoms with E-state index < -0.39 is 46.6 Å². The maximum Gasteiger partial charge on any atom is 0.312 e. The fraction of sp³-hybridized carbons (Fsp3) is 0.667. The van der Waals surface area contributed by atoms with Gasteiger partial charge in [0, 0.05) is 12.1 Å². The molecule has 3 heterocycles. The molecule has 226 valence electrons. The van der Waals surface area contributed by atoms with Crippen LogP contribution < -0.4 is 0 Å². The second-order valence-corrected chi connectivity index (χ2v) is 13.7. The number of carbonyl (C=O) groups excluding carboxylic acids is 3. The number of hydrogen-bond donors (Lipinski definition) is 1. The van der Waals surface area contributed by atoms with Crippen molar-refractivity contribution in [2.24, 2.45) is 17.3 Å². The molecule has 0 aromatic heterocycles. The number of esters is 1. The van der Waals surface area contributed by atoms with Crippen LogP contribution in [0.25, 0.3) is 0 Å². The SMILES string of the molecule is C=CCN(C(=O)C1N([C@H](CO)c2ccccc2)C(=O)[C@@H]2[C@H](C(=O)OCC)[C@]3(CC)CCC12O3)C(C)(C)CC(C)(C)C. The molecular weight excluding hydrogens is 520 g/mol. The second kappa shape index (κ2) is 11.2. The van der Waals surface area contributed by atoms with Crippen molar-refractivity contribution in [2.45, 2.75) is 103 Å². The Hall–Kier alpha value is -2.71. The van der Waals surface area contributed by atoms with Crippen LogP contribution >= 0.6 is 0 Å². The highest BCUT2D eigenvalue weighted by Crippen LogP contribution is 2.65. The Labute approximate surface area is 245 Å². The number of amides is 2. The molecule has 3 saturated heterocycles. The number of aliphatic hydroxyl groups is 1. The molecule has 2 amide bonds. The molecule has 0 saturated carbocycles. The quantitative estimate of drug-likeness (QED) is 0.308. The zero-order valence-electron chi connectivity index (χ0n) is 25.8. The van der Waals surface area contributed by atoms with Gasteiger partial charge >= 0.3 is 5.97 Å². The molecule has 1 aromatic rings. The molecular formula is C33H48N2O6. The summed E-state index contributed by atoms with van der Waals surface area (Å²) in [6, 6.07) is 7.46. The molecule has 2 unspecified atom stereocenters. The molecule has 2 bridgehead atoms. The number of benzene rings is 1. The number of aliphatic hydroxyl groups excluding tert-OH is 1. The first-order chi connectivity index (χ1) is 19.2. The molecule has 1 spiro atoms. The van der Waals surface area contributed by atoms with Gasteiger partial charge in [-0.1, -0.05) is 64.1 Å². The highest BCUT2D eigenvalue weighted by atomic mass is 16.6. The number of rotatable bonds is 11. The minimum atomic E-state index is -1.21. The summed E-state index contributed by atoms with van der Waals surface area (Å²) in [6.45, 7) is 18.2. The van der Waals surface area contributed by atoms with Crippen molar-refractivity contribution in [3.05, 3.63) is 48.6 Å². The maximum atomic E-state index is 15.0. The predicted octanol–water partition coefficient (Wildman–Crippen LogP) is 4.67. The lowest BCUT2D eigenvalue weighted by atomic mass is 9.65. The number of ether oxygens (including phenoxy) is 2. The third-order valence-electron chi connectivity index (χ3n) is 9.36. The van der Waals surface area contributed by atoms with E-state index in [-0.39, 0.29) is 37.0 Å². The van der Waals surface area contributed by atoms with Crippen molar-refractivity contribution < 1.29 is 29.0 Å². The molecule has 8 heteroatoms. The lowest BCUT2D eigenvalue weighted by Crippen LogP contribution is -2.61. The van der Waals surface area contributed by atoms with Gasteiger partial charge in [0.15, 0.2) is 0 Å². The van der Waals surface area contributed by atoms with Crippen molar-refractivity contribution in [2.75, 3.05) is 19.8 Å². The molecule has 8 nitrogen and oxygen atoms in total. The van der Waals surface area contributed by atoms with Crippen molar-refractivity contribution >= 4 is 17.8 Å². The van der Waals surface area contributed by atoms with Crippen molar-refractivity contribution in [3.8, 4) is 0 Å². The summed E-state index contributed by atoms with van der Waals surface area (Å²) in [5.74, 6) is -2.75. The Balaban J connectivity index is 1.91. The highest BCUT2D eigenvalue weighted by molar-refractivity contribution is 5.99. The van der Waals surface area contributed by atoms with Crippen LogP contribution in [0.15, 0.2) is 43.0 Å². The van der Waals surface area contributed by atoms with Gasteiger partial charge in [-0.05, 0) is 57.4 Å². The molecule has 4 rings (SSSR count). The van der Waals surface area contributed by atoms with E-state index >= 15 is 4.79 Å². The summed E-state index contributed by atoms with van der Waals surface area (Å²) in [5, 5.41) is 10.7. The summed E-state index contributed by atoms with van der Waals surface area (Å²) >= 11 is 0. The van der Waals surface area contributed by atoms with Crippen molar-refractivity contribution in [3.63, 3.8) is 0 Å². The van der Waals surface area contributed by atoms with Gasteiger partial charge in [0.05, 0.1) is 30.8 Å². The average Bonchev–Trinajstić information content (AvgIpc) is 3.51. The Morgan fingerprint density at radius 2 is 1.85 bits per heavy atom. The van der Waals surface area contributed by atoms with E-state index in [2.05, 4.69) is 27.4 Å². The molecule has 3 fully saturated rings. The van der Waals surface area contributed by atoms with Crippen LogP contribution in [-0.4, -0.2) is 75.2 Å². The third-order valence-corrected chi connectivity index (χ3v) is 9.36. The van der Waals surface area contributed by atoms with E-state index in [9.17, 15) is 14.7 Å². The van der Waals surface area contributed by atoms with E-state index in [1.54, 1.807) is 17.9 Å². The van der Waals surface area contributed by atoms with Crippen molar-refractivity contribution in [1.82, 2.24) is 9.80 Å². The van der Waals surface area contributed by atoms with Crippen LogP contribution in [0.4, 0.5) is 0 Å². The van der Waals surface area contributed by atoms with Gasteiger partial charge in [-0.15, -0.1) is 6.58 Å². The number of likely N-dealkylation sites (tertiary alicyclic amines) is 1. The lowest BCUT2D eigenvalue weighted by molar-refractivity contribution is -0.165. The summed E-state index contributed by atoms with van der Waals surface area (Å²) in [4.78, 5) is 46.5.